The first-order valence-corrected chi connectivity index (χ1v) is 9.28. The Morgan fingerprint density at radius 2 is 2.27 bits per heavy atom. The van der Waals surface area contributed by atoms with Crippen LogP contribution in [0.2, 0.25) is 0 Å². The Morgan fingerprint density at radius 3 is 2.91 bits per heavy atom. The van der Waals surface area contributed by atoms with Crippen molar-refractivity contribution >= 4 is 17.7 Å². The maximum Gasteiger partial charge on any atom is 0.223 e. The highest BCUT2D eigenvalue weighted by atomic mass is 32.2. The zero-order valence-corrected chi connectivity index (χ0v) is 14.5. The van der Waals surface area contributed by atoms with Gasteiger partial charge in [-0.25, -0.2) is 0 Å². The third-order valence-electron chi connectivity index (χ3n) is 5.11. The number of rotatable bonds is 4. The van der Waals surface area contributed by atoms with Crippen molar-refractivity contribution in [2.75, 3.05) is 25.1 Å². The molecule has 2 aliphatic heterocycles. The summed E-state index contributed by atoms with van der Waals surface area (Å²) in [5.74, 6) is 3.08. The van der Waals surface area contributed by atoms with Gasteiger partial charge >= 0.3 is 0 Å². The zero-order valence-electron chi connectivity index (χ0n) is 13.7. The van der Waals surface area contributed by atoms with E-state index in [1.165, 1.54) is 29.9 Å². The molecule has 0 aromatic carbocycles. The standard InChI is InChI=1S/C16H26N4OS/c1-11-14(9-18-20(11)3)16-12(7-15(21)19(16)2)8-17-13-5-4-6-22-10-13/h9,12-13,16-17H,4-8,10H2,1-3H3/t12-,13-,16+/m0/s1. The third kappa shape index (κ3) is 3.04. The lowest BCUT2D eigenvalue weighted by Crippen LogP contribution is -2.38. The van der Waals surface area contributed by atoms with Crippen molar-refractivity contribution < 1.29 is 4.79 Å². The predicted octanol–water partition coefficient (Wildman–Crippen LogP) is 1.73. The molecule has 3 atom stereocenters. The quantitative estimate of drug-likeness (QED) is 0.917. The van der Waals surface area contributed by atoms with Gasteiger partial charge in [0.15, 0.2) is 0 Å². The third-order valence-corrected chi connectivity index (χ3v) is 6.33. The first kappa shape index (κ1) is 15.9. The molecular weight excluding hydrogens is 296 g/mol. The first-order valence-electron chi connectivity index (χ1n) is 8.13. The van der Waals surface area contributed by atoms with Gasteiger partial charge in [0.1, 0.15) is 0 Å². The van der Waals surface area contributed by atoms with Gasteiger partial charge in [0.05, 0.1) is 12.2 Å². The highest BCUT2D eigenvalue weighted by Crippen LogP contribution is 2.38. The molecule has 122 valence electrons. The molecule has 0 aliphatic carbocycles. The Kier molecular flexibility index (Phi) is 4.78. The van der Waals surface area contributed by atoms with Crippen molar-refractivity contribution in [3.8, 4) is 0 Å². The molecule has 1 N–H and O–H groups in total. The van der Waals surface area contributed by atoms with Gasteiger partial charge in [-0.15, -0.1) is 0 Å². The molecule has 3 heterocycles. The number of aromatic nitrogens is 2. The van der Waals surface area contributed by atoms with E-state index in [-0.39, 0.29) is 11.9 Å². The number of carbonyl (C=O) groups excluding carboxylic acids is 1. The number of carbonyl (C=O) groups is 1. The van der Waals surface area contributed by atoms with Crippen molar-refractivity contribution in [2.45, 2.75) is 38.3 Å². The van der Waals surface area contributed by atoms with E-state index in [0.29, 0.717) is 18.4 Å². The average Bonchev–Trinajstić information content (AvgIpc) is 2.99. The largest absolute Gasteiger partial charge is 0.338 e. The van der Waals surface area contributed by atoms with Gasteiger partial charge in [0.25, 0.3) is 0 Å². The predicted molar refractivity (Wildman–Crippen MR) is 89.9 cm³/mol. The van der Waals surface area contributed by atoms with Crippen molar-refractivity contribution in [1.82, 2.24) is 20.0 Å². The summed E-state index contributed by atoms with van der Waals surface area (Å²) in [5.41, 5.74) is 2.35. The van der Waals surface area contributed by atoms with Crippen LogP contribution in [0.3, 0.4) is 0 Å². The van der Waals surface area contributed by atoms with Crippen LogP contribution in [0.4, 0.5) is 0 Å². The van der Waals surface area contributed by atoms with Gasteiger partial charge in [-0.05, 0) is 25.5 Å². The van der Waals surface area contributed by atoms with E-state index in [0.717, 1.165) is 12.2 Å². The van der Waals surface area contributed by atoms with Gasteiger partial charge in [-0.3, -0.25) is 9.48 Å². The van der Waals surface area contributed by atoms with E-state index >= 15 is 0 Å². The fraction of sp³-hybridized carbons (Fsp3) is 0.750. The van der Waals surface area contributed by atoms with E-state index in [4.69, 9.17) is 0 Å². The number of thioether (sulfide) groups is 1. The average molecular weight is 322 g/mol. The van der Waals surface area contributed by atoms with E-state index in [1.807, 2.05) is 41.6 Å². The number of nitrogens with one attached hydrogen (secondary N) is 1. The molecule has 0 spiro atoms. The number of nitrogens with zero attached hydrogens (tertiary/aromatic N) is 3. The smallest absolute Gasteiger partial charge is 0.223 e. The Morgan fingerprint density at radius 1 is 1.45 bits per heavy atom. The maximum atomic E-state index is 12.2. The lowest BCUT2D eigenvalue weighted by molar-refractivity contribution is -0.127. The molecule has 2 aliphatic rings. The lowest BCUT2D eigenvalue weighted by atomic mass is 9.93. The summed E-state index contributed by atoms with van der Waals surface area (Å²) < 4.78 is 1.90. The molecule has 0 unspecified atom stereocenters. The fourth-order valence-corrected chi connectivity index (χ4v) is 4.73. The minimum absolute atomic E-state index is 0.157. The van der Waals surface area contributed by atoms with Gasteiger partial charge in [0, 0.05) is 56.0 Å². The minimum Gasteiger partial charge on any atom is -0.338 e. The summed E-state index contributed by atoms with van der Waals surface area (Å²) in [4.78, 5) is 14.1. The van der Waals surface area contributed by atoms with Crippen molar-refractivity contribution in [3.05, 3.63) is 17.5 Å². The lowest BCUT2D eigenvalue weighted by Gasteiger charge is -2.28. The van der Waals surface area contributed by atoms with Crippen LogP contribution in [0, 0.1) is 12.8 Å². The molecule has 2 fully saturated rings. The molecule has 1 aromatic heterocycles. The Labute approximate surface area is 136 Å². The van der Waals surface area contributed by atoms with Gasteiger partial charge in [0.2, 0.25) is 5.91 Å². The van der Waals surface area contributed by atoms with Crippen LogP contribution < -0.4 is 5.32 Å². The molecule has 1 amide bonds. The van der Waals surface area contributed by atoms with Crippen LogP contribution in [0.1, 0.15) is 36.6 Å². The fourth-order valence-electron chi connectivity index (χ4n) is 3.62. The second-order valence-electron chi connectivity index (χ2n) is 6.54. The monoisotopic (exact) mass is 322 g/mol. The highest BCUT2D eigenvalue weighted by Gasteiger charge is 2.40. The number of likely N-dealkylation sites (tertiary alicyclic amines) is 1. The normalized spacial score (nSPS) is 29.3. The summed E-state index contributed by atoms with van der Waals surface area (Å²) in [6, 6.07) is 0.764. The maximum absolute atomic E-state index is 12.2. The highest BCUT2D eigenvalue weighted by molar-refractivity contribution is 7.99. The van der Waals surface area contributed by atoms with Crippen LogP contribution in [0.5, 0.6) is 0 Å². The number of aryl methyl sites for hydroxylation is 1. The van der Waals surface area contributed by atoms with Crippen molar-refractivity contribution in [3.63, 3.8) is 0 Å². The number of hydrogen-bond acceptors (Lipinski definition) is 4. The topological polar surface area (TPSA) is 50.2 Å². The first-order chi connectivity index (χ1) is 10.6. The molecule has 0 saturated carbocycles. The second-order valence-corrected chi connectivity index (χ2v) is 7.69. The number of amides is 1. The molecule has 6 heteroatoms. The van der Waals surface area contributed by atoms with E-state index in [2.05, 4.69) is 17.3 Å². The van der Waals surface area contributed by atoms with Crippen LogP contribution in [-0.4, -0.2) is 51.7 Å². The van der Waals surface area contributed by atoms with Gasteiger partial charge in [-0.2, -0.15) is 16.9 Å². The summed E-state index contributed by atoms with van der Waals surface area (Å²) in [6.07, 6.45) is 5.14. The SMILES string of the molecule is Cc1c([C@H]2[C@H](CN[C@H]3CCCSC3)CC(=O)N2C)cnn1C. The Balaban J connectivity index is 1.71. The van der Waals surface area contributed by atoms with Gasteiger partial charge in [-0.1, -0.05) is 0 Å². The second kappa shape index (κ2) is 6.62. The summed E-state index contributed by atoms with van der Waals surface area (Å²) >= 11 is 2.04. The molecular formula is C16H26N4OS. The van der Waals surface area contributed by atoms with Crippen molar-refractivity contribution in [1.29, 1.82) is 0 Å². The molecule has 0 radical (unpaired) electrons. The van der Waals surface area contributed by atoms with Crippen LogP contribution in [0.25, 0.3) is 0 Å². The summed E-state index contributed by atoms with van der Waals surface area (Å²) in [6.45, 7) is 3.00. The van der Waals surface area contributed by atoms with Crippen molar-refractivity contribution in [2.24, 2.45) is 13.0 Å². The van der Waals surface area contributed by atoms with E-state index in [1.54, 1.807) is 0 Å². The summed E-state index contributed by atoms with van der Waals surface area (Å²) in [5, 5.41) is 8.06. The van der Waals surface area contributed by atoms with E-state index in [9.17, 15) is 4.79 Å². The minimum atomic E-state index is 0.157. The Bertz CT molecular complexity index is 538. The number of hydrogen-bond donors (Lipinski definition) is 1. The van der Waals surface area contributed by atoms with Crippen LogP contribution in [0.15, 0.2) is 6.20 Å². The molecule has 5 nitrogen and oxygen atoms in total. The molecule has 3 rings (SSSR count). The zero-order chi connectivity index (χ0) is 15.7. The Hall–Kier alpha value is -1.01. The molecule has 22 heavy (non-hydrogen) atoms. The molecule has 1 aromatic rings. The summed E-state index contributed by atoms with van der Waals surface area (Å²) in [7, 11) is 3.89. The van der Waals surface area contributed by atoms with Gasteiger partial charge < -0.3 is 10.2 Å². The van der Waals surface area contributed by atoms with Crippen LogP contribution >= 0.6 is 11.8 Å². The van der Waals surface area contributed by atoms with E-state index < -0.39 is 0 Å². The van der Waals surface area contributed by atoms with Crippen LogP contribution in [-0.2, 0) is 11.8 Å². The molecule has 2 saturated heterocycles. The molecule has 0 bridgehead atoms.